The van der Waals surface area contributed by atoms with E-state index >= 15 is 0 Å². The summed E-state index contributed by atoms with van der Waals surface area (Å²) in [5, 5.41) is 2.04. The first-order valence-corrected chi connectivity index (χ1v) is 11.1. The number of benzene rings is 1. The maximum absolute atomic E-state index is 12.9. The number of thiophene rings is 1. The Morgan fingerprint density at radius 3 is 2.72 bits per heavy atom. The number of piperidine rings is 1. The molecule has 0 aliphatic carbocycles. The molecule has 1 aromatic heterocycles. The van der Waals surface area contributed by atoms with E-state index in [1.807, 2.05) is 48.7 Å². The fourth-order valence-electron chi connectivity index (χ4n) is 3.90. The minimum absolute atomic E-state index is 0.0961. The Morgan fingerprint density at radius 2 is 2.03 bits per heavy atom. The summed E-state index contributed by atoms with van der Waals surface area (Å²) in [6, 6.07) is 11.6. The summed E-state index contributed by atoms with van der Waals surface area (Å²) in [5.74, 6) is 0.782. The van der Waals surface area contributed by atoms with E-state index in [-0.39, 0.29) is 11.8 Å². The standard InChI is InChI=1S/C23H29NO4S/c1-3-27-22(26)23(11-13-28-20-8-5-4-6-9-20)10-7-12-24(17-23)15-19-14-21(18(2)25)29-16-19/h4-6,8-9,14,16H,3,7,10-13,15,17H2,1-2H3/t23-/m0/s1. The first-order valence-electron chi connectivity index (χ1n) is 10.2. The summed E-state index contributed by atoms with van der Waals surface area (Å²) in [6.07, 6.45) is 2.37. The first-order chi connectivity index (χ1) is 14.0. The number of ether oxygens (including phenoxy) is 2. The number of esters is 1. The van der Waals surface area contributed by atoms with E-state index in [1.165, 1.54) is 11.3 Å². The van der Waals surface area contributed by atoms with Crippen molar-refractivity contribution in [3.8, 4) is 5.75 Å². The van der Waals surface area contributed by atoms with Gasteiger partial charge in [0.15, 0.2) is 5.78 Å². The minimum atomic E-state index is -0.553. The Bertz CT molecular complexity index is 819. The molecule has 29 heavy (non-hydrogen) atoms. The van der Waals surface area contributed by atoms with Crippen LogP contribution in [0, 0.1) is 5.41 Å². The van der Waals surface area contributed by atoms with Crippen LogP contribution in [-0.4, -0.2) is 43.0 Å². The number of hydrogen-bond donors (Lipinski definition) is 0. The lowest BCUT2D eigenvalue weighted by molar-refractivity contribution is -0.160. The molecule has 2 heterocycles. The normalized spacial score (nSPS) is 19.7. The second kappa shape index (κ2) is 10.0. The van der Waals surface area contributed by atoms with Gasteiger partial charge in [0.25, 0.3) is 0 Å². The van der Waals surface area contributed by atoms with Gasteiger partial charge in [-0.25, -0.2) is 0 Å². The van der Waals surface area contributed by atoms with Crippen molar-refractivity contribution in [1.29, 1.82) is 0 Å². The van der Waals surface area contributed by atoms with E-state index in [4.69, 9.17) is 9.47 Å². The van der Waals surface area contributed by atoms with Gasteiger partial charge in [0, 0.05) is 13.1 Å². The summed E-state index contributed by atoms with van der Waals surface area (Å²) in [5.41, 5.74) is 0.572. The molecule has 5 nitrogen and oxygen atoms in total. The first kappa shape index (κ1) is 21.5. The molecule has 0 amide bonds. The highest BCUT2D eigenvalue weighted by Crippen LogP contribution is 2.36. The SMILES string of the molecule is CCOC(=O)[C@]1(CCOc2ccccc2)CCCN(Cc2csc(C(C)=O)c2)C1. The van der Waals surface area contributed by atoms with Crippen molar-refractivity contribution >= 4 is 23.1 Å². The average Bonchev–Trinajstić information content (AvgIpc) is 3.18. The molecule has 1 aliphatic heterocycles. The highest BCUT2D eigenvalue weighted by Gasteiger charge is 2.43. The second-order valence-corrected chi connectivity index (χ2v) is 8.51. The molecular formula is C23H29NO4S. The van der Waals surface area contributed by atoms with Gasteiger partial charge in [-0.2, -0.15) is 0 Å². The molecule has 0 spiro atoms. The van der Waals surface area contributed by atoms with Crippen molar-refractivity contribution in [1.82, 2.24) is 4.90 Å². The molecule has 0 bridgehead atoms. The lowest BCUT2D eigenvalue weighted by Gasteiger charge is -2.41. The van der Waals surface area contributed by atoms with Crippen LogP contribution in [0.3, 0.4) is 0 Å². The molecule has 0 saturated carbocycles. The Hall–Kier alpha value is -2.18. The quantitative estimate of drug-likeness (QED) is 0.444. The van der Waals surface area contributed by atoms with Crippen LogP contribution in [0.4, 0.5) is 0 Å². The molecule has 3 rings (SSSR count). The van der Waals surface area contributed by atoms with Crippen LogP contribution in [0.5, 0.6) is 5.75 Å². The molecule has 0 unspecified atom stereocenters. The van der Waals surface area contributed by atoms with Gasteiger partial charge in [-0.05, 0) is 68.8 Å². The third kappa shape index (κ3) is 5.67. The molecule has 1 aliphatic rings. The van der Waals surface area contributed by atoms with Crippen LogP contribution >= 0.6 is 11.3 Å². The van der Waals surface area contributed by atoms with E-state index in [1.54, 1.807) is 6.92 Å². The Kier molecular flexibility index (Phi) is 7.45. The average molecular weight is 416 g/mol. The summed E-state index contributed by atoms with van der Waals surface area (Å²) >= 11 is 1.48. The number of likely N-dealkylation sites (tertiary alicyclic amines) is 1. The summed E-state index contributed by atoms with van der Waals surface area (Å²) in [7, 11) is 0. The predicted molar refractivity (Wildman–Crippen MR) is 114 cm³/mol. The van der Waals surface area contributed by atoms with Gasteiger partial charge in [-0.1, -0.05) is 18.2 Å². The Balaban J connectivity index is 1.67. The van der Waals surface area contributed by atoms with Crippen molar-refractivity contribution in [2.75, 3.05) is 26.3 Å². The zero-order valence-corrected chi connectivity index (χ0v) is 18.0. The highest BCUT2D eigenvalue weighted by molar-refractivity contribution is 7.12. The van der Waals surface area contributed by atoms with Crippen LogP contribution in [0.1, 0.15) is 48.3 Å². The molecule has 1 saturated heterocycles. The van der Waals surface area contributed by atoms with Crippen LogP contribution in [0.15, 0.2) is 41.8 Å². The Labute approximate surface area is 176 Å². The Morgan fingerprint density at radius 1 is 1.24 bits per heavy atom. The van der Waals surface area contributed by atoms with Gasteiger partial charge >= 0.3 is 5.97 Å². The minimum Gasteiger partial charge on any atom is -0.494 e. The number of para-hydroxylation sites is 1. The number of carbonyl (C=O) groups excluding carboxylic acids is 2. The van der Waals surface area contributed by atoms with Crippen molar-refractivity contribution < 1.29 is 19.1 Å². The van der Waals surface area contributed by atoms with Gasteiger partial charge in [-0.15, -0.1) is 11.3 Å². The highest BCUT2D eigenvalue weighted by atomic mass is 32.1. The molecule has 0 radical (unpaired) electrons. The maximum atomic E-state index is 12.9. The van der Waals surface area contributed by atoms with Gasteiger partial charge in [-0.3, -0.25) is 14.5 Å². The van der Waals surface area contributed by atoms with Gasteiger partial charge in [0.05, 0.1) is 23.5 Å². The number of carbonyl (C=O) groups is 2. The predicted octanol–water partition coefficient (Wildman–Crippen LogP) is 4.57. The largest absolute Gasteiger partial charge is 0.494 e. The van der Waals surface area contributed by atoms with E-state index in [2.05, 4.69) is 4.90 Å². The summed E-state index contributed by atoms with van der Waals surface area (Å²) < 4.78 is 11.3. The zero-order chi connectivity index (χ0) is 20.7. The summed E-state index contributed by atoms with van der Waals surface area (Å²) in [4.78, 5) is 27.6. The van der Waals surface area contributed by atoms with E-state index < -0.39 is 5.41 Å². The fourth-order valence-corrected chi connectivity index (χ4v) is 4.71. The number of rotatable bonds is 9. The third-order valence-corrected chi connectivity index (χ3v) is 6.44. The monoisotopic (exact) mass is 415 g/mol. The topological polar surface area (TPSA) is 55.8 Å². The maximum Gasteiger partial charge on any atom is 0.313 e. The molecule has 1 aromatic carbocycles. The van der Waals surface area contributed by atoms with Crippen molar-refractivity contribution in [3.63, 3.8) is 0 Å². The molecular weight excluding hydrogens is 386 g/mol. The van der Waals surface area contributed by atoms with E-state index in [0.717, 1.165) is 42.1 Å². The number of Topliss-reactive ketones (excluding diaryl/α,β-unsaturated/α-hetero) is 1. The third-order valence-electron chi connectivity index (χ3n) is 5.36. The molecule has 6 heteroatoms. The number of hydrogen-bond acceptors (Lipinski definition) is 6. The van der Waals surface area contributed by atoms with Crippen LogP contribution in [0.25, 0.3) is 0 Å². The smallest absolute Gasteiger partial charge is 0.313 e. The number of ketones is 1. The van der Waals surface area contributed by atoms with E-state index in [9.17, 15) is 9.59 Å². The molecule has 1 atom stereocenters. The van der Waals surface area contributed by atoms with Crippen LogP contribution in [0.2, 0.25) is 0 Å². The number of nitrogens with zero attached hydrogens (tertiary/aromatic N) is 1. The van der Waals surface area contributed by atoms with Crippen molar-refractivity contribution in [2.45, 2.75) is 39.7 Å². The van der Waals surface area contributed by atoms with Crippen molar-refractivity contribution in [3.05, 3.63) is 52.2 Å². The van der Waals surface area contributed by atoms with E-state index in [0.29, 0.717) is 26.2 Å². The lowest BCUT2D eigenvalue weighted by atomic mass is 9.77. The van der Waals surface area contributed by atoms with Gasteiger partial charge in [0.1, 0.15) is 5.75 Å². The zero-order valence-electron chi connectivity index (χ0n) is 17.2. The summed E-state index contributed by atoms with van der Waals surface area (Å²) in [6.45, 7) is 6.62. The fraction of sp³-hybridized carbons (Fsp3) is 0.478. The van der Waals surface area contributed by atoms with Crippen LogP contribution < -0.4 is 4.74 Å². The van der Waals surface area contributed by atoms with Crippen molar-refractivity contribution in [2.24, 2.45) is 5.41 Å². The lowest BCUT2D eigenvalue weighted by Crippen LogP contribution is -2.49. The van der Waals surface area contributed by atoms with Gasteiger partial charge in [0.2, 0.25) is 0 Å². The van der Waals surface area contributed by atoms with Gasteiger partial charge < -0.3 is 9.47 Å². The molecule has 0 N–H and O–H groups in total. The molecule has 156 valence electrons. The second-order valence-electron chi connectivity index (χ2n) is 7.60. The molecule has 1 fully saturated rings. The van der Waals surface area contributed by atoms with Crippen LogP contribution in [-0.2, 0) is 16.1 Å². The molecule has 2 aromatic rings.